The van der Waals surface area contributed by atoms with Gasteiger partial charge in [-0.2, -0.15) is 9.40 Å². The van der Waals surface area contributed by atoms with Crippen LogP contribution in [0, 0.1) is 19.7 Å². The minimum Gasteiger partial charge on any atom is -0.323 e. The van der Waals surface area contributed by atoms with Crippen LogP contribution >= 0.6 is 0 Å². The number of halogens is 1. The largest absolute Gasteiger partial charge is 0.323 e. The number of quaternary nitrogens is 1. The van der Waals surface area contributed by atoms with Gasteiger partial charge in [-0.25, -0.2) is 12.8 Å². The van der Waals surface area contributed by atoms with E-state index in [0.29, 0.717) is 26.2 Å². The summed E-state index contributed by atoms with van der Waals surface area (Å²) in [7, 11) is -1.84. The van der Waals surface area contributed by atoms with Crippen LogP contribution in [0.3, 0.4) is 0 Å². The van der Waals surface area contributed by atoms with Crippen molar-refractivity contribution in [3.05, 3.63) is 41.5 Å². The number of benzene rings is 1. The van der Waals surface area contributed by atoms with Gasteiger partial charge in [-0.05, 0) is 45.0 Å². The van der Waals surface area contributed by atoms with Crippen LogP contribution in [0.25, 0.3) is 0 Å². The van der Waals surface area contributed by atoms with Crippen LogP contribution in [0.15, 0.2) is 29.2 Å². The quantitative estimate of drug-likeness (QED) is 0.712. The first-order chi connectivity index (χ1) is 13.6. The van der Waals surface area contributed by atoms with E-state index in [1.54, 1.807) is 4.68 Å². The lowest BCUT2D eigenvalue weighted by molar-refractivity contribution is -0.917. The van der Waals surface area contributed by atoms with Gasteiger partial charge in [-0.15, -0.1) is 0 Å². The number of aryl methyl sites for hydroxylation is 2. The predicted molar refractivity (Wildman–Crippen MR) is 107 cm³/mol. The summed E-state index contributed by atoms with van der Waals surface area (Å²) in [6.45, 7) is 7.22. The summed E-state index contributed by atoms with van der Waals surface area (Å²) < 4.78 is 41.7. The molecule has 1 saturated heterocycles. The number of aromatic nitrogens is 2. The van der Waals surface area contributed by atoms with Crippen molar-refractivity contribution in [3.63, 3.8) is 0 Å². The summed E-state index contributed by atoms with van der Waals surface area (Å²) in [4.78, 5) is 13.8. The molecule has 0 aliphatic carbocycles. The Morgan fingerprint density at radius 3 is 2.31 bits per heavy atom. The normalized spacial score (nSPS) is 17.3. The minimum atomic E-state index is -3.66. The molecule has 0 bridgehead atoms. The summed E-state index contributed by atoms with van der Waals surface area (Å²) in [6.07, 6.45) is 0. The van der Waals surface area contributed by atoms with Crippen LogP contribution < -0.4 is 10.2 Å². The van der Waals surface area contributed by atoms with Gasteiger partial charge >= 0.3 is 0 Å². The number of nitrogens with zero attached hydrogens (tertiary/aromatic N) is 3. The molecule has 2 heterocycles. The molecule has 1 aliphatic heterocycles. The zero-order valence-corrected chi connectivity index (χ0v) is 17.9. The fourth-order valence-corrected chi connectivity index (χ4v) is 5.02. The Labute approximate surface area is 170 Å². The Balaban J connectivity index is 1.62. The number of nitrogens with one attached hydrogen (secondary N) is 2. The predicted octanol–water partition coefficient (Wildman–Crippen LogP) is 0.0924. The van der Waals surface area contributed by atoms with Crippen LogP contribution in [0.2, 0.25) is 0 Å². The standard InChI is InChI=1S/C19H26FN5O3S/c1-13-18(14(2)23(4)22-13)21-19(26)15(3)24-9-11-25(12-10-24)29(27,28)17-7-5-16(20)6-8-17/h5-8,15H,9-12H2,1-4H3,(H,21,26)/p+1/t15-/m1/s1. The number of hydrogen-bond donors (Lipinski definition) is 2. The molecule has 0 saturated carbocycles. The maximum Gasteiger partial charge on any atom is 0.282 e. The van der Waals surface area contributed by atoms with Gasteiger partial charge in [0.2, 0.25) is 10.0 Å². The molecule has 1 atom stereocenters. The molecule has 8 nitrogen and oxygen atoms in total. The van der Waals surface area contributed by atoms with Gasteiger partial charge in [0.05, 0.1) is 48.1 Å². The van der Waals surface area contributed by atoms with Crippen molar-refractivity contribution in [1.29, 1.82) is 0 Å². The zero-order valence-electron chi connectivity index (χ0n) is 17.1. The Morgan fingerprint density at radius 2 is 1.79 bits per heavy atom. The lowest BCUT2D eigenvalue weighted by Crippen LogP contribution is -3.19. The molecule has 2 aromatic rings. The SMILES string of the molecule is Cc1nn(C)c(C)c1NC(=O)[C@@H](C)[NH+]1CCN(S(=O)(=O)c2ccc(F)cc2)CC1. The van der Waals surface area contributed by atoms with Crippen molar-refractivity contribution in [2.45, 2.75) is 31.7 Å². The van der Waals surface area contributed by atoms with E-state index >= 15 is 0 Å². The lowest BCUT2D eigenvalue weighted by atomic mass is 10.2. The third kappa shape index (κ3) is 4.34. The number of amides is 1. The second kappa shape index (κ2) is 8.21. The van der Waals surface area contributed by atoms with Crippen molar-refractivity contribution in [3.8, 4) is 0 Å². The van der Waals surface area contributed by atoms with E-state index in [2.05, 4.69) is 10.4 Å². The first-order valence-electron chi connectivity index (χ1n) is 9.52. The average molecular weight is 425 g/mol. The maximum atomic E-state index is 13.1. The van der Waals surface area contributed by atoms with Crippen LogP contribution in [-0.4, -0.2) is 60.6 Å². The topological polar surface area (TPSA) is 88.7 Å². The van der Waals surface area contributed by atoms with E-state index in [1.807, 2.05) is 27.8 Å². The van der Waals surface area contributed by atoms with Crippen molar-refractivity contribution in [2.24, 2.45) is 7.05 Å². The van der Waals surface area contributed by atoms with Gasteiger partial charge in [0.15, 0.2) is 6.04 Å². The van der Waals surface area contributed by atoms with Crippen LogP contribution in [-0.2, 0) is 21.9 Å². The summed E-state index contributed by atoms with van der Waals surface area (Å²) in [5, 5.41) is 7.26. The van der Waals surface area contributed by atoms with Gasteiger partial charge in [0, 0.05) is 7.05 Å². The highest BCUT2D eigenvalue weighted by Gasteiger charge is 2.34. The average Bonchev–Trinajstić information content (AvgIpc) is 2.93. The van der Waals surface area contributed by atoms with E-state index in [1.165, 1.54) is 16.4 Å². The molecule has 2 N–H and O–H groups in total. The molecule has 1 aromatic heterocycles. The van der Waals surface area contributed by atoms with Crippen LogP contribution in [0.1, 0.15) is 18.3 Å². The molecule has 29 heavy (non-hydrogen) atoms. The fraction of sp³-hybridized carbons (Fsp3) is 0.474. The number of piperazine rings is 1. The maximum absolute atomic E-state index is 13.1. The van der Waals surface area contributed by atoms with Crippen molar-refractivity contribution in [2.75, 3.05) is 31.5 Å². The minimum absolute atomic E-state index is 0.0793. The molecule has 10 heteroatoms. The van der Waals surface area contributed by atoms with E-state index in [9.17, 15) is 17.6 Å². The molecule has 1 amide bonds. The molecule has 0 radical (unpaired) electrons. The number of hydrogen-bond acceptors (Lipinski definition) is 4. The third-order valence-corrected chi connectivity index (χ3v) is 7.49. The summed E-state index contributed by atoms with van der Waals surface area (Å²) in [5.74, 6) is -0.591. The third-order valence-electron chi connectivity index (χ3n) is 5.58. The molecule has 1 aromatic carbocycles. The van der Waals surface area contributed by atoms with Gasteiger partial charge in [0.1, 0.15) is 5.82 Å². The van der Waals surface area contributed by atoms with Gasteiger partial charge in [-0.3, -0.25) is 9.48 Å². The smallest absolute Gasteiger partial charge is 0.282 e. The zero-order chi connectivity index (χ0) is 21.3. The Kier molecular flexibility index (Phi) is 6.06. The molecule has 0 spiro atoms. The Morgan fingerprint density at radius 1 is 1.21 bits per heavy atom. The molecule has 3 rings (SSSR count). The Hall–Kier alpha value is -2.30. The molecular formula is C19H27FN5O3S+. The number of carbonyl (C=O) groups is 1. The number of anilines is 1. The second-order valence-electron chi connectivity index (χ2n) is 7.40. The lowest BCUT2D eigenvalue weighted by Gasteiger charge is -2.34. The van der Waals surface area contributed by atoms with Gasteiger partial charge in [-0.1, -0.05) is 0 Å². The number of sulfonamides is 1. The first kappa shape index (κ1) is 21.4. The van der Waals surface area contributed by atoms with Crippen molar-refractivity contribution >= 4 is 21.6 Å². The summed E-state index contributed by atoms with van der Waals surface area (Å²) in [5.41, 5.74) is 2.37. The monoisotopic (exact) mass is 424 g/mol. The van der Waals surface area contributed by atoms with Crippen molar-refractivity contribution < 1.29 is 22.5 Å². The van der Waals surface area contributed by atoms with Crippen LogP contribution in [0.5, 0.6) is 0 Å². The number of rotatable bonds is 5. The highest BCUT2D eigenvalue weighted by molar-refractivity contribution is 7.89. The first-order valence-corrected chi connectivity index (χ1v) is 11.0. The molecule has 1 aliphatic rings. The van der Waals surface area contributed by atoms with Gasteiger partial charge in [0.25, 0.3) is 5.91 Å². The van der Waals surface area contributed by atoms with E-state index < -0.39 is 15.8 Å². The van der Waals surface area contributed by atoms with E-state index in [-0.39, 0.29) is 16.8 Å². The molecular weight excluding hydrogens is 397 g/mol. The Bertz CT molecular complexity index is 996. The van der Waals surface area contributed by atoms with Gasteiger partial charge < -0.3 is 10.2 Å². The van der Waals surface area contributed by atoms with Crippen molar-refractivity contribution in [1.82, 2.24) is 14.1 Å². The summed E-state index contributed by atoms with van der Waals surface area (Å²) in [6, 6.07) is 4.51. The highest BCUT2D eigenvalue weighted by atomic mass is 32.2. The number of carbonyl (C=O) groups excluding carboxylic acids is 1. The molecule has 0 unspecified atom stereocenters. The fourth-order valence-electron chi connectivity index (χ4n) is 3.57. The highest BCUT2D eigenvalue weighted by Crippen LogP contribution is 2.18. The molecule has 1 fully saturated rings. The van der Waals surface area contributed by atoms with Crippen LogP contribution in [0.4, 0.5) is 10.1 Å². The molecule has 158 valence electrons. The van der Waals surface area contributed by atoms with E-state index in [0.717, 1.165) is 34.1 Å². The summed E-state index contributed by atoms with van der Waals surface area (Å²) >= 11 is 0. The van der Waals surface area contributed by atoms with E-state index in [4.69, 9.17) is 0 Å². The second-order valence-corrected chi connectivity index (χ2v) is 9.33.